The van der Waals surface area contributed by atoms with Crippen molar-refractivity contribution in [2.24, 2.45) is 5.73 Å². The summed E-state index contributed by atoms with van der Waals surface area (Å²) in [5.41, 5.74) is 6.05. The van der Waals surface area contributed by atoms with Crippen molar-refractivity contribution in [1.29, 1.82) is 0 Å². The first-order valence-corrected chi connectivity index (χ1v) is 10.3. The summed E-state index contributed by atoms with van der Waals surface area (Å²) in [5.74, 6) is 0.474. The Labute approximate surface area is 177 Å². The maximum Gasteiger partial charge on any atom is 0.230 e. The van der Waals surface area contributed by atoms with E-state index >= 15 is 0 Å². The molecule has 0 fully saturated rings. The van der Waals surface area contributed by atoms with Crippen molar-refractivity contribution in [2.45, 2.75) is 37.5 Å². The summed E-state index contributed by atoms with van der Waals surface area (Å²) in [6, 6.07) is 9.33. The maximum atomic E-state index is 13.1. The first kappa shape index (κ1) is 21.6. The first-order valence-electron chi connectivity index (χ1n) is 9.32. The molecule has 1 aromatic carbocycles. The smallest absolute Gasteiger partial charge is 0.230 e. The second-order valence-corrected chi connectivity index (χ2v) is 7.60. The van der Waals surface area contributed by atoms with Crippen LogP contribution in [0.2, 0.25) is 0 Å². The topological polar surface area (TPSA) is 116 Å². The first-order chi connectivity index (χ1) is 14.4. The zero-order chi connectivity index (χ0) is 21.5. The van der Waals surface area contributed by atoms with E-state index in [0.717, 1.165) is 5.56 Å². The molecule has 0 bridgehead atoms. The lowest BCUT2D eigenvalue weighted by atomic mass is 10.1. The molecule has 0 aliphatic carbocycles. The number of primary amides is 1. The van der Waals surface area contributed by atoms with Crippen LogP contribution in [0, 0.1) is 5.82 Å². The minimum absolute atomic E-state index is 0.123. The number of aromatic nitrogens is 3. The van der Waals surface area contributed by atoms with Crippen molar-refractivity contribution in [3.05, 3.63) is 65.6 Å². The van der Waals surface area contributed by atoms with Crippen molar-refractivity contribution < 1.29 is 18.4 Å². The lowest BCUT2D eigenvalue weighted by Crippen LogP contribution is -2.28. The summed E-state index contributed by atoms with van der Waals surface area (Å²) in [4.78, 5) is 23.5. The van der Waals surface area contributed by atoms with Gasteiger partial charge in [-0.15, -0.1) is 10.2 Å². The molecule has 0 spiro atoms. The monoisotopic (exact) mass is 431 g/mol. The molecule has 0 saturated carbocycles. The molecule has 30 heavy (non-hydrogen) atoms. The van der Waals surface area contributed by atoms with Crippen molar-refractivity contribution in [2.75, 3.05) is 5.75 Å². The van der Waals surface area contributed by atoms with Crippen LogP contribution in [-0.2, 0) is 22.6 Å². The van der Waals surface area contributed by atoms with E-state index in [-0.39, 0.29) is 29.9 Å². The molecule has 8 nitrogen and oxygen atoms in total. The van der Waals surface area contributed by atoms with Gasteiger partial charge in [0.1, 0.15) is 17.4 Å². The molecule has 2 amide bonds. The average Bonchev–Trinajstić information content (AvgIpc) is 3.35. The Kier molecular flexibility index (Phi) is 7.23. The van der Waals surface area contributed by atoms with E-state index in [0.29, 0.717) is 29.7 Å². The number of benzene rings is 1. The number of nitrogens with zero attached hydrogens (tertiary/aromatic N) is 3. The number of thioether (sulfide) groups is 1. The molecule has 3 rings (SSSR count). The summed E-state index contributed by atoms with van der Waals surface area (Å²) in [6.07, 6.45) is 2.06. The summed E-state index contributed by atoms with van der Waals surface area (Å²) < 4.78 is 20.3. The van der Waals surface area contributed by atoms with Crippen LogP contribution in [-0.4, -0.2) is 32.3 Å². The average molecular weight is 431 g/mol. The fourth-order valence-electron chi connectivity index (χ4n) is 2.81. The number of hydrogen-bond donors (Lipinski definition) is 2. The number of hydrogen-bond acceptors (Lipinski definition) is 6. The Morgan fingerprint density at radius 2 is 2.03 bits per heavy atom. The van der Waals surface area contributed by atoms with Gasteiger partial charge in [-0.3, -0.25) is 14.2 Å². The van der Waals surface area contributed by atoms with Gasteiger partial charge in [0.05, 0.1) is 24.6 Å². The SMILES string of the molecule is CC(NC(=O)CSc1nnc(CCC(N)=O)n1Cc1ccco1)c1ccc(F)cc1. The molecule has 1 atom stereocenters. The van der Waals surface area contributed by atoms with E-state index in [4.69, 9.17) is 10.2 Å². The van der Waals surface area contributed by atoms with Crippen LogP contribution >= 0.6 is 11.8 Å². The lowest BCUT2D eigenvalue weighted by Gasteiger charge is -2.14. The second kappa shape index (κ2) is 10.1. The Balaban J connectivity index is 1.63. The number of furan rings is 1. The van der Waals surface area contributed by atoms with Crippen LogP contribution in [0.4, 0.5) is 4.39 Å². The number of nitrogens with one attached hydrogen (secondary N) is 1. The lowest BCUT2D eigenvalue weighted by molar-refractivity contribution is -0.119. The van der Waals surface area contributed by atoms with Gasteiger partial charge < -0.3 is 15.5 Å². The van der Waals surface area contributed by atoms with Gasteiger partial charge >= 0.3 is 0 Å². The van der Waals surface area contributed by atoms with Gasteiger partial charge in [-0.25, -0.2) is 4.39 Å². The zero-order valence-electron chi connectivity index (χ0n) is 16.4. The number of nitrogens with two attached hydrogens (primary N) is 1. The number of amides is 2. The van der Waals surface area contributed by atoms with Gasteiger partial charge in [0.15, 0.2) is 5.16 Å². The Bertz CT molecular complexity index is 989. The largest absolute Gasteiger partial charge is 0.467 e. The van der Waals surface area contributed by atoms with Crippen molar-refractivity contribution in [1.82, 2.24) is 20.1 Å². The van der Waals surface area contributed by atoms with Gasteiger partial charge in [0.25, 0.3) is 0 Å². The van der Waals surface area contributed by atoms with Gasteiger partial charge in [0.2, 0.25) is 11.8 Å². The minimum Gasteiger partial charge on any atom is -0.467 e. The third-order valence-electron chi connectivity index (χ3n) is 4.36. The molecule has 0 radical (unpaired) electrons. The number of halogens is 1. The molecule has 3 aromatic rings. The van der Waals surface area contributed by atoms with Crippen molar-refractivity contribution in [3.8, 4) is 0 Å². The highest BCUT2D eigenvalue weighted by atomic mass is 32.2. The highest BCUT2D eigenvalue weighted by molar-refractivity contribution is 7.99. The molecular weight excluding hydrogens is 409 g/mol. The number of carbonyl (C=O) groups is 2. The van der Waals surface area contributed by atoms with Crippen LogP contribution in [0.15, 0.2) is 52.2 Å². The molecule has 2 heterocycles. The molecule has 0 saturated heterocycles. The highest BCUT2D eigenvalue weighted by Gasteiger charge is 2.17. The molecule has 3 N–H and O–H groups in total. The predicted molar refractivity (Wildman–Crippen MR) is 109 cm³/mol. The molecule has 158 valence electrons. The van der Waals surface area contributed by atoms with E-state index in [1.54, 1.807) is 24.5 Å². The fraction of sp³-hybridized carbons (Fsp3) is 0.300. The van der Waals surface area contributed by atoms with Crippen LogP contribution in [0.25, 0.3) is 0 Å². The number of rotatable bonds is 10. The summed E-state index contributed by atoms with van der Waals surface area (Å²) in [5, 5.41) is 11.7. The Morgan fingerprint density at radius 1 is 1.27 bits per heavy atom. The van der Waals surface area contributed by atoms with Crippen LogP contribution in [0.1, 0.15) is 36.5 Å². The third-order valence-corrected chi connectivity index (χ3v) is 5.33. The summed E-state index contributed by atoms with van der Waals surface area (Å²) >= 11 is 1.23. The van der Waals surface area contributed by atoms with E-state index in [2.05, 4.69) is 15.5 Å². The van der Waals surface area contributed by atoms with E-state index < -0.39 is 5.91 Å². The maximum absolute atomic E-state index is 13.1. The molecule has 0 aliphatic rings. The highest BCUT2D eigenvalue weighted by Crippen LogP contribution is 2.20. The normalized spacial score (nSPS) is 11.9. The van der Waals surface area contributed by atoms with E-state index in [1.165, 1.54) is 23.9 Å². The van der Waals surface area contributed by atoms with Crippen molar-refractivity contribution in [3.63, 3.8) is 0 Å². The van der Waals surface area contributed by atoms with Crippen molar-refractivity contribution >= 4 is 23.6 Å². The molecule has 1 unspecified atom stereocenters. The van der Waals surface area contributed by atoms with Crippen LogP contribution in [0.3, 0.4) is 0 Å². The third kappa shape index (κ3) is 5.93. The van der Waals surface area contributed by atoms with Gasteiger partial charge in [-0.1, -0.05) is 23.9 Å². The number of carbonyl (C=O) groups excluding carboxylic acids is 2. The molecule has 0 aliphatic heterocycles. The van der Waals surface area contributed by atoms with Crippen LogP contribution in [0.5, 0.6) is 0 Å². The van der Waals surface area contributed by atoms with Crippen LogP contribution < -0.4 is 11.1 Å². The Hall–Kier alpha value is -3.14. The summed E-state index contributed by atoms with van der Waals surface area (Å²) in [6.45, 7) is 2.21. The molecule has 10 heteroatoms. The van der Waals surface area contributed by atoms with Gasteiger partial charge in [-0.05, 0) is 36.8 Å². The van der Waals surface area contributed by atoms with Gasteiger partial charge in [-0.2, -0.15) is 0 Å². The minimum atomic E-state index is -0.425. The molecule has 2 aromatic heterocycles. The predicted octanol–water partition coefficient (Wildman–Crippen LogP) is 2.45. The fourth-order valence-corrected chi connectivity index (χ4v) is 3.58. The molecular formula is C20H22FN5O3S. The quantitative estimate of drug-likeness (QED) is 0.476. The zero-order valence-corrected chi connectivity index (χ0v) is 17.2. The summed E-state index contributed by atoms with van der Waals surface area (Å²) in [7, 11) is 0. The second-order valence-electron chi connectivity index (χ2n) is 6.66. The van der Waals surface area contributed by atoms with E-state index in [1.807, 2.05) is 17.6 Å². The standard InChI is InChI=1S/C20H22FN5O3S/c1-13(14-4-6-15(21)7-5-14)23-19(28)12-30-20-25-24-18(9-8-17(22)27)26(20)11-16-3-2-10-29-16/h2-7,10,13H,8-9,11-12H2,1H3,(H2,22,27)(H,23,28). The Morgan fingerprint density at radius 3 is 2.70 bits per heavy atom. The van der Waals surface area contributed by atoms with E-state index in [9.17, 15) is 14.0 Å². The van der Waals surface area contributed by atoms with Gasteiger partial charge in [0, 0.05) is 12.8 Å². The number of aryl methyl sites for hydroxylation is 1.